The molecule has 0 spiro atoms. The number of nitrogens with one attached hydrogen (secondary N) is 1. The summed E-state index contributed by atoms with van der Waals surface area (Å²) in [4.78, 5) is -0.112. The summed E-state index contributed by atoms with van der Waals surface area (Å²) in [6.45, 7) is -0.276. The first-order valence-electron chi connectivity index (χ1n) is 5.60. The van der Waals surface area contributed by atoms with Crippen LogP contribution in [0.4, 0.5) is 5.69 Å². The van der Waals surface area contributed by atoms with Crippen LogP contribution >= 0.6 is 23.2 Å². The van der Waals surface area contributed by atoms with Gasteiger partial charge in [-0.25, -0.2) is 8.42 Å². The number of para-hydroxylation sites is 1. The largest absolute Gasteiger partial charge is 0.392 e. The van der Waals surface area contributed by atoms with E-state index in [4.69, 9.17) is 23.2 Å². The van der Waals surface area contributed by atoms with Crippen LogP contribution in [0.1, 0.15) is 5.56 Å². The third-order valence-electron chi connectivity index (χ3n) is 2.61. The van der Waals surface area contributed by atoms with Crippen LogP contribution < -0.4 is 4.72 Å². The number of halogens is 2. The fourth-order valence-electron chi connectivity index (χ4n) is 1.64. The van der Waals surface area contributed by atoms with Crippen LogP contribution in [0, 0.1) is 0 Å². The lowest BCUT2D eigenvalue weighted by Crippen LogP contribution is -2.14. The molecule has 0 aliphatic heterocycles. The Labute approximate surface area is 127 Å². The smallest absolute Gasteiger partial charge is 0.263 e. The minimum absolute atomic E-state index is 0.0726. The number of anilines is 1. The number of hydrogen-bond donors (Lipinski definition) is 2. The minimum Gasteiger partial charge on any atom is -0.392 e. The third kappa shape index (κ3) is 3.24. The summed E-state index contributed by atoms with van der Waals surface area (Å²) >= 11 is 11.7. The van der Waals surface area contributed by atoms with Gasteiger partial charge in [0, 0.05) is 10.6 Å². The molecule has 20 heavy (non-hydrogen) atoms. The van der Waals surface area contributed by atoms with Gasteiger partial charge in [-0.1, -0.05) is 41.4 Å². The van der Waals surface area contributed by atoms with Crippen LogP contribution in [0.2, 0.25) is 10.0 Å². The first kappa shape index (κ1) is 15.1. The Hall–Kier alpha value is -1.27. The zero-order valence-corrected chi connectivity index (χ0v) is 12.5. The Morgan fingerprint density at radius 3 is 2.50 bits per heavy atom. The predicted molar refractivity (Wildman–Crippen MR) is 79.6 cm³/mol. The van der Waals surface area contributed by atoms with Gasteiger partial charge >= 0.3 is 0 Å². The monoisotopic (exact) mass is 331 g/mol. The van der Waals surface area contributed by atoms with E-state index in [1.54, 1.807) is 24.3 Å². The highest BCUT2D eigenvalue weighted by Crippen LogP contribution is 2.27. The average Bonchev–Trinajstić information content (AvgIpc) is 2.41. The van der Waals surface area contributed by atoms with Gasteiger partial charge in [0.15, 0.2) is 0 Å². The maximum absolute atomic E-state index is 12.3. The Balaban J connectivity index is 2.43. The Morgan fingerprint density at radius 2 is 1.80 bits per heavy atom. The molecule has 0 unspecified atom stereocenters. The predicted octanol–water partition coefficient (Wildman–Crippen LogP) is 3.29. The van der Waals surface area contributed by atoms with Gasteiger partial charge in [0.25, 0.3) is 10.0 Å². The van der Waals surface area contributed by atoms with Crippen LogP contribution in [0.5, 0.6) is 0 Å². The van der Waals surface area contributed by atoms with Crippen molar-refractivity contribution in [1.82, 2.24) is 0 Å². The summed E-state index contributed by atoms with van der Waals surface area (Å²) in [6, 6.07) is 10.7. The van der Waals surface area contributed by atoms with Crippen LogP contribution in [-0.2, 0) is 16.6 Å². The van der Waals surface area contributed by atoms with Gasteiger partial charge in [-0.15, -0.1) is 0 Å². The first-order valence-corrected chi connectivity index (χ1v) is 7.84. The van der Waals surface area contributed by atoms with Crippen LogP contribution in [0.3, 0.4) is 0 Å². The van der Waals surface area contributed by atoms with E-state index in [1.807, 2.05) is 0 Å². The molecule has 2 aromatic carbocycles. The lowest BCUT2D eigenvalue weighted by atomic mass is 10.2. The van der Waals surface area contributed by atoms with Crippen molar-refractivity contribution in [2.45, 2.75) is 11.5 Å². The molecule has 0 saturated carbocycles. The van der Waals surface area contributed by atoms with Crippen molar-refractivity contribution in [3.63, 3.8) is 0 Å². The normalized spacial score (nSPS) is 11.3. The molecule has 0 aromatic heterocycles. The number of aliphatic hydroxyl groups excluding tert-OH is 1. The Morgan fingerprint density at radius 1 is 1.10 bits per heavy atom. The molecule has 0 heterocycles. The van der Waals surface area contributed by atoms with Crippen LogP contribution in [-0.4, -0.2) is 13.5 Å². The summed E-state index contributed by atoms with van der Waals surface area (Å²) in [5, 5.41) is 9.54. The standard InChI is InChI=1S/C13H11Cl2NO3S/c14-10-5-6-11(15)13(7-10)20(18,19)16-12-4-2-1-3-9(12)8-17/h1-7,16-17H,8H2. The summed E-state index contributed by atoms with van der Waals surface area (Å²) in [5.41, 5.74) is 0.764. The molecule has 0 aliphatic rings. The van der Waals surface area contributed by atoms with Crippen molar-refractivity contribution in [2.75, 3.05) is 4.72 Å². The van der Waals surface area contributed by atoms with Crippen molar-refractivity contribution >= 4 is 38.9 Å². The lowest BCUT2D eigenvalue weighted by Gasteiger charge is -2.12. The van der Waals surface area contributed by atoms with Crippen molar-refractivity contribution in [1.29, 1.82) is 0 Å². The van der Waals surface area contributed by atoms with Crippen molar-refractivity contribution < 1.29 is 13.5 Å². The molecule has 2 rings (SSSR count). The van der Waals surface area contributed by atoms with Gasteiger partial charge in [0.05, 0.1) is 17.3 Å². The van der Waals surface area contributed by atoms with Crippen molar-refractivity contribution in [2.24, 2.45) is 0 Å². The van der Waals surface area contributed by atoms with Crippen molar-refractivity contribution in [3.8, 4) is 0 Å². The molecule has 2 N–H and O–H groups in total. The molecule has 0 fully saturated rings. The Bertz CT molecular complexity index is 732. The van der Waals surface area contributed by atoms with E-state index in [9.17, 15) is 13.5 Å². The van der Waals surface area contributed by atoms with E-state index in [-0.39, 0.29) is 21.5 Å². The molecule has 0 saturated heterocycles. The average molecular weight is 332 g/mol. The number of rotatable bonds is 4. The van der Waals surface area contributed by atoms with Crippen LogP contribution in [0.15, 0.2) is 47.4 Å². The molecule has 4 nitrogen and oxygen atoms in total. The van der Waals surface area contributed by atoms with E-state index < -0.39 is 10.0 Å². The highest BCUT2D eigenvalue weighted by Gasteiger charge is 2.19. The molecular formula is C13H11Cl2NO3S. The van der Waals surface area contributed by atoms with Gasteiger partial charge in [-0.05, 0) is 24.3 Å². The third-order valence-corrected chi connectivity index (χ3v) is 4.70. The fraction of sp³-hybridized carbons (Fsp3) is 0.0769. The SMILES string of the molecule is O=S(=O)(Nc1ccccc1CO)c1cc(Cl)ccc1Cl. The molecule has 0 radical (unpaired) electrons. The molecule has 2 aromatic rings. The molecule has 0 atom stereocenters. The van der Waals surface area contributed by atoms with E-state index in [2.05, 4.69) is 4.72 Å². The van der Waals surface area contributed by atoms with E-state index in [1.165, 1.54) is 18.2 Å². The highest BCUT2D eigenvalue weighted by atomic mass is 35.5. The second kappa shape index (κ2) is 6.01. The number of hydrogen-bond acceptors (Lipinski definition) is 3. The maximum atomic E-state index is 12.3. The topological polar surface area (TPSA) is 66.4 Å². The first-order chi connectivity index (χ1) is 9.44. The van der Waals surface area contributed by atoms with Gasteiger partial charge < -0.3 is 5.11 Å². The lowest BCUT2D eigenvalue weighted by molar-refractivity contribution is 0.282. The highest BCUT2D eigenvalue weighted by molar-refractivity contribution is 7.92. The van der Waals surface area contributed by atoms with E-state index >= 15 is 0 Å². The van der Waals surface area contributed by atoms with E-state index in [0.29, 0.717) is 11.3 Å². The molecule has 0 bridgehead atoms. The van der Waals surface area contributed by atoms with Gasteiger partial charge in [0.2, 0.25) is 0 Å². The maximum Gasteiger partial charge on any atom is 0.263 e. The molecular weight excluding hydrogens is 321 g/mol. The van der Waals surface area contributed by atoms with Gasteiger partial charge in [-0.3, -0.25) is 4.72 Å². The number of sulfonamides is 1. The van der Waals surface area contributed by atoms with E-state index in [0.717, 1.165) is 0 Å². The summed E-state index contributed by atoms with van der Waals surface area (Å²) in [5.74, 6) is 0. The number of benzene rings is 2. The quantitative estimate of drug-likeness (QED) is 0.903. The minimum atomic E-state index is -3.88. The summed E-state index contributed by atoms with van der Waals surface area (Å²) < 4.78 is 27.0. The Kier molecular flexibility index (Phi) is 4.55. The molecule has 0 aliphatic carbocycles. The van der Waals surface area contributed by atoms with Crippen LogP contribution in [0.25, 0.3) is 0 Å². The van der Waals surface area contributed by atoms with Gasteiger partial charge in [-0.2, -0.15) is 0 Å². The number of aliphatic hydroxyl groups is 1. The zero-order chi connectivity index (χ0) is 14.8. The molecule has 0 amide bonds. The van der Waals surface area contributed by atoms with Crippen molar-refractivity contribution in [3.05, 3.63) is 58.1 Å². The summed E-state index contributed by atoms with van der Waals surface area (Å²) in [6.07, 6.45) is 0. The zero-order valence-electron chi connectivity index (χ0n) is 10.2. The second-order valence-corrected chi connectivity index (χ2v) is 6.49. The summed E-state index contributed by atoms with van der Waals surface area (Å²) in [7, 11) is -3.88. The second-order valence-electron chi connectivity index (χ2n) is 4.00. The fourth-order valence-corrected chi connectivity index (χ4v) is 3.51. The van der Waals surface area contributed by atoms with Gasteiger partial charge in [0.1, 0.15) is 4.90 Å². The molecule has 106 valence electrons. The molecule has 7 heteroatoms.